The van der Waals surface area contributed by atoms with Crippen molar-refractivity contribution < 1.29 is 4.79 Å². The van der Waals surface area contributed by atoms with Gasteiger partial charge in [0.05, 0.1) is 17.7 Å². The highest BCUT2D eigenvalue weighted by Crippen LogP contribution is 2.28. The maximum absolute atomic E-state index is 13.1. The van der Waals surface area contributed by atoms with Gasteiger partial charge in [0.1, 0.15) is 4.83 Å². The third-order valence-electron chi connectivity index (χ3n) is 4.71. The van der Waals surface area contributed by atoms with Gasteiger partial charge in [0.2, 0.25) is 5.91 Å². The molecule has 5 nitrogen and oxygen atoms in total. The predicted molar refractivity (Wildman–Crippen MR) is 120 cm³/mol. The van der Waals surface area contributed by atoms with Gasteiger partial charge in [0, 0.05) is 23.3 Å². The lowest BCUT2D eigenvalue weighted by Crippen LogP contribution is -2.28. The van der Waals surface area contributed by atoms with E-state index in [0.717, 1.165) is 38.4 Å². The maximum Gasteiger partial charge on any atom is 0.263 e. The molecule has 3 heterocycles. The Bertz CT molecular complexity index is 1020. The van der Waals surface area contributed by atoms with E-state index in [4.69, 9.17) is 4.98 Å². The topological polar surface area (TPSA) is 55.2 Å². The summed E-state index contributed by atoms with van der Waals surface area (Å²) in [5.74, 6) is 0.309. The highest BCUT2D eigenvalue weighted by Gasteiger charge is 2.18. The molecule has 0 saturated carbocycles. The first kappa shape index (κ1) is 21.1. The molecule has 0 aliphatic heterocycles. The first-order valence-corrected chi connectivity index (χ1v) is 12.0. The average molecular weight is 436 g/mol. The third-order valence-corrected chi connectivity index (χ3v) is 7.64. The molecule has 150 valence electrons. The van der Waals surface area contributed by atoms with E-state index in [-0.39, 0.29) is 17.2 Å². The molecule has 8 heteroatoms. The van der Waals surface area contributed by atoms with E-state index in [0.29, 0.717) is 18.2 Å². The smallest absolute Gasteiger partial charge is 0.263 e. The van der Waals surface area contributed by atoms with Gasteiger partial charge in [-0.25, -0.2) is 4.98 Å². The van der Waals surface area contributed by atoms with Crippen LogP contribution in [0.1, 0.15) is 35.1 Å². The highest BCUT2D eigenvalue weighted by molar-refractivity contribution is 7.99. The number of carbonyl (C=O) groups is 1. The van der Waals surface area contributed by atoms with Gasteiger partial charge >= 0.3 is 0 Å². The molecule has 1 amide bonds. The van der Waals surface area contributed by atoms with E-state index in [1.165, 1.54) is 11.8 Å². The second kappa shape index (κ2) is 9.24. The minimum Gasteiger partial charge on any atom is -0.340 e. The van der Waals surface area contributed by atoms with Crippen molar-refractivity contribution in [1.82, 2.24) is 14.5 Å². The molecule has 0 aliphatic rings. The molecule has 3 aromatic rings. The molecular formula is C20H25N3O2S3. The largest absolute Gasteiger partial charge is 0.340 e. The summed E-state index contributed by atoms with van der Waals surface area (Å²) in [4.78, 5) is 35.2. The van der Waals surface area contributed by atoms with Crippen molar-refractivity contribution in [2.75, 3.05) is 12.8 Å². The SMILES string of the molecule is CCCCn1c(SCC(=O)N(C)Cc2cccs2)nc2sc(C)c(C)c2c1=O. The van der Waals surface area contributed by atoms with E-state index in [1.807, 2.05) is 38.4 Å². The van der Waals surface area contributed by atoms with Gasteiger partial charge in [-0.3, -0.25) is 14.2 Å². The number of rotatable bonds is 8. The van der Waals surface area contributed by atoms with Crippen LogP contribution in [0.4, 0.5) is 0 Å². The van der Waals surface area contributed by atoms with Crippen molar-refractivity contribution in [3.8, 4) is 0 Å². The Balaban J connectivity index is 1.82. The van der Waals surface area contributed by atoms with Crippen LogP contribution in [-0.4, -0.2) is 33.2 Å². The molecule has 0 radical (unpaired) electrons. The number of thioether (sulfide) groups is 1. The number of thiophene rings is 2. The van der Waals surface area contributed by atoms with Crippen LogP contribution < -0.4 is 5.56 Å². The summed E-state index contributed by atoms with van der Waals surface area (Å²) in [6.07, 6.45) is 1.91. The van der Waals surface area contributed by atoms with Crippen molar-refractivity contribution in [3.05, 3.63) is 43.2 Å². The summed E-state index contributed by atoms with van der Waals surface area (Å²) in [6, 6.07) is 4.02. The van der Waals surface area contributed by atoms with E-state index >= 15 is 0 Å². The number of fused-ring (bicyclic) bond motifs is 1. The molecule has 0 aliphatic carbocycles. The standard InChI is InChI=1S/C20H25N3O2S3/c1-5-6-9-23-19(25)17-13(2)14(3)28-18(17)21-20(23)27-12-16(24)22(4)11-15-8-7-10-26-15/h7-8,10H,5-6,9,11-12H2,1-4H3. The minimum atomic E-state index is 0.0159. The quantitative estimate of drug-likeness (QED) is 0.381. The van der Waals surface area contributed by atoms with Gasteiger partial charge in [-0.2, -0.15) is 0 Å². The lowest BCUT2D eigenvalue weighted by molar-refractivity contribution is -0.127. The Kier molecular flexibility index (Phi) is 6.95. The molecule has 28 heavy (non-hydrogen) atoms. The number of unbranched alkanes of at least 4 members (excludes halogenated alkanes) is 1. The third kappa shape index (κ3) is 4.50. The number of aryl methyl sites for hydroxylation is 2. The Morgan fingerprint density at radius 2 is 2.14 bits per heavy atom. The van der Waals surface area contributed by atoms with Gasteiger partial charge in [-0.05, 0) is 37.3 Å². The summed E-state index contributed by atoms with van der Waals surface area (Å²) in [5, 5.41) is 3.38. The Hall–Kier alpha value is -1.64. The van der Waals surface area contributed by atoms with E-state index < -0.39 is 0 Å². The monoisotopic (exact) mass is 435 g/mol. The number of amides is 1. The molecule has 0 unspecified atom stereocenters. The van der Waals surface area contributed by atoms with Gasteiger partial charge in [0.25, 0.3) is 5.56 Å². The molecule has 3 aromatic heterocycles. The molecule has 0 atom stereocenters. The molecule has 0 N–H and O–H groups in total. The molecule has 0 saturated heterocycles. The number of hydrogen-bond donors (Lipinski definition) is 0. The van der Waals surface area contributed by atoms with Crippen LogP contribution in [0.2, 0.25) is 0 Å². The van der Waals surface area contributed by atoms with E-state index in [1.54, 1.807) is 32.1 Å². The number of aromatic nitrogens is 2. The van der Waals surface area contributed by atoms with Crippen molar-refractivity contribution >= 4 is 50.6 Å². The van der Waals surface area contributed by atoms with Crippen LogP contribution in [0, 0.1) is 13.8 Å². The molecule has 3 rings (SSSR count). The molecule has 0 fully saturated rings. The molecule has 0 aromatic carbocycles. The molecule has 0 spiro atoms. The second-order valence-corrected chi connectivity index (χ2v) is 9.96. The van der Waals surface area contributed by atoms with Crippen molar-refractivity contribution in [2.24, 2.45) is 0 Å². The van der Waals surface area contributed by atoms with Crippen molar-refractivity contribution in [3.63, 3.8) is 0 Å². The number of carbonyl (C=O) groups excluding carboxylic acids is 1. The normalized spacial score (nSPS) is 11.3. The van der Waals surface area contributed by atoms with Gasteiger partial charge < -0.3 is 4.90 Å². The Labute approximate surface area is 177 Å². The highest BCUT2D eigenvalue weighted by atomic mass is 32.2. The van der Waals surface area contributed by atoms with Crippen molar-refractivity contribution in [1.29, 1.82) is 0 Å². The fourth-order valence-electron chi connectivity index (χ4n) is 2.89. The fourth-order valence-corrected chi connectivity index (χ4v) is 5.69. The molecular weight excluding hydrogens is 410 g/mol. The zero-order valence-corrected chi connectivity index (χ0v) is 19.1. The number of nitrogens with zero attached hydrogens (tertiary/aromatic N) is 3. The summed E-state index contributed by atoms with van der Waals surface area (Å²) in [7, 11) is 1.81. The van der Waals surface area contributed by atoms with E-state index in [2.05, 4.69) is 6.92 Å². The zero-order valence-electron chi connectivity index (χ0n) is 16.7. The number of hydrogen-bond acceptors (Lipinski definition) is 6. The lowest BCUT2D eigenvalue weighted by Gasteiger charge is -2.17. The average Bonchev–Trinajstić information content (AvgIpc) is 3.27. The van der Waals surface area contributed by atoms with Crippen LogP contribution in [-0.2, 0) is 17.9 Å². The van der Waals surface area contributed by atoms with Crippen LogP contribution in [0.25, 0.3) is 10.2 Å². The van der Waals surface area contributed by atoms with Gasteiger partial charge in [-0.15, -0.1) is 22.7 Å². The summed E-state index contributed by atoms with van der Waals surface area (Å²) in [6.45, 7) is 7.35. The van der Waals surface area contributed by atoms with E-state index in [9.17, 15) is 9.59 Å². The Morgan fingerprint density at radius 3 is 2.82 bits per heavy atom. The first-order chi connectivity index (χ1) is 13.4. The van der Waals surface area contributed by atoms with Crippen LogP contribution in [0.5, 0.6) is 0 Å². The summed E-state index contributed by atoms with van der Waals surface area (Å²) in [5.41, 5.74) is 1.04. The van der Waals surface area contributed by atoms with Crippen LogP contribution in [0.15, 0.2) is 27.5 Å². The van der Waals surface area contributed by atoms with Gasteiger partial charge in [0.15, 0.2) is 5.16 Å². The second-order valence-electron chi connectivity index (χ2n) is 6.79. The van der Waals surface area contributed by atoms with Crippen LogP contribution >= 0.6 is 34.4 Å². The zero-order chi connectivity index (χ0) is 20.3. The van der Waals surface area contributed by atoms with Crippen molar-refractivity contribution in [2.45, 2.75) is 51.9 Å². The van der Waals surface area contributed by atoms with Crippen LogP contribution in [0.3, 0.4) is 0 Å². The predicted octanol–water partition coefficient (Wildman–Crippen LogP) is 4.69. The minimum absolute atomic E-state index is 0.0159. The molecule has 0 bridgehead atoms. The Morgan fingerprint density at radius 1 is 1.36 bits per heavy atom. The first-order valence-electron chi connectivity index (χ1n) is 9.32. The fraction of sp³-hybridized carbons (Fsp3) is 0.450. The summed E-state index contributed by atoms with van der Waals surface area (Å²) < 4.78 is 1.75. The lowest BCUT2D eigenvalue weighted by atomic mass is 10.2. The maximum atomic E-state index is 13.1. The summed E-state index contributed by atoms with van der Waals surface area (Å²) >= 11 is 4.56. The van der Waals surface area contributed by atoms with Gasteiger partial charge in [-0.1, -0.05) is 31.2 Å².